The topological polar surface area (TPSA) is 55.7 Å². The highest BCUT2D eigenvalue weighted by Crippen LogP contribution is 2.30. The van der Waals surface area contributed by atoms with Crippen molar-refractivity contribution in [3.05, 3.63) is 4.91 Å². The Morgan fingerprint density at radius 3 is 2.60 bits per heavy atom. The highest BCUT2D eigenvalue weighted by molar-refractivity contribution is 5.73. The van der Waals surface area contributed by atoms with Crippen LogP contribution in [-0.4, -0.2) is 19.1 Å². The molecule has 1 rings (SSSR count). The fourth-order valence-electron chi connectivity index (χ4n) is 1.03. The largest absolute Gasteiger partial charge is 0.469 e. The number of nitroso groups, excluding NO2 is 1. The Kier molecular flexibility index (Phi) is 1.99. The number of rotatable bonds is 2. The minimum atomic E-state index is -0.222. The third-order valence-electron chi connectivity index (χ3n) is 1.80. The van der Waals surface area contributed by atoms with Crippen LogP contribution in [0, 0.1) is 10.8 Å². The van der Waals surface area contributed by atoms with Crippen molar-refractivity contribution >= 4 is 5.97 Å². The first kappa shape index (κ1) is 7.18. The first-order chi connectivity index (χ1) is 4.77. The van der Waals surface area contributed by atoms with Crippen molar-refractivity contribution in [2.45, 2.75) is 18.9 Å². The monoisotopic (exact) mass is 143 g/mol. The third kappa shape index (κ3) is 1.15. The van der Waals surface area contributed by atoms with Gasteiger partial charge in [-0.2, -0.15) is 4.91 Å². The highest BCUT2D eigenvalue weighted by atomic mass is 16.5. The second kappa shape index (κ2) is 2.77. The Morgan fingerprint density at radius 2 is 2.20 bits per heavy atom. The fourth-order valence-corrected chi connectivity index (χ4v) is 1.03. The average molecular weight is 143 g/mol. The summed E-state index contributed by atoms with van der Waals surface area (Å²) >= 11 is 0. The highest BCUT2D eigenvalue weighted by Gasteiger charge is 2.35. The van der Waals surface area contributed by atoms with Crippen molar-refractivity contribution in [1.29, 1.82) is 0 Å². The zero-order chi connectivity index (χ0) is 7.56. The van der Waals surface area contributed by atoms with Gasteiger partial charge in [0, 0.05) is 0 Å². The smallest absolute Gasteiger partial charge is 0.308 e. The number of hydrogen-bond acceptors (Lipinski definition) is 4. The molecule has 1 aliphatic carbocycles. The van der Waals surface area contributed by atoms with E-state index in [2.05, 4.69) is 9.91 Å². The Labute approximate surface area is 58.5 Å². The summed E-state index contributed by atoms with van der Waals surface area (Å²) in [6.45, 7) is 0. The van der Waals surface area contributed by atoms with Gasteiger partial charge in [0.05, 0.1) is 19.1 Å². The Morgan fingerprint density at radius 1 is 1.60 bits per heavy atom. The van der Waals surface area contributed by atoms with Gasteiger partial charge in [-0.05, 0) is 12.8 Å². The van der Waals surface area contributed by atoms with Crippen LogP contribution < -0.4 is 0 Å². The predicted molar refractivity (Wildman–Crippen MR) is 34.3 cm³/mol. The number of ether oxygens (including phenoxy) is 1. The maximum Gasteiger partial charge on any atom is 0.308 e. The van der Waals surface area contributed by atoms with Crippen molar-refractivity contribution in [3.8, 4) is 0 Å². The summed E-state index contributed by atoms with van der Waals surface area (Å²) in [6, 6.07) is -0.149. The molecule has 0 aromatic rings. The van der Waals surface area contributed by atoms with E-state index in [9.17, 15) is 9.70 Å². The standard InChI is InChI=1S/C6H9NO3/c1-10-6(8)4-2-5(3-4)7-9/h4-5H,2-3H2,1H3. The van der Waals surface area contributed by atoms with E-state index in [1.165, 1.54) is 7.11 Å². The SMILES string of the molecule is COC(=O)C1CC(N=O)C1. The van der Waals surface area contributed by atoms with Crippen LogP contribution >= 0.6 is 0 Å². The zero-order valence-corrected chi connectivity index (χ0v) is 5.74. The van der Waals surface area contributed by atoms with E-state index in [0.717, 1.165) is 0 Å². The molecule has 56 valence electrons. The molecule has 4 nitrogen and oxygen atoms in total. The van der Waals surface area contributed by atoms with E-state index in [1.54, 1.807) is 0 Å². The number of carbonyl (C=O) groups is 1. The molecule has 0 atom stereocenters. The number of carbonyl (C=O) groups excluding carboxylic acids is 1. The molecule has 0 saturated heterocycles. The summed E-state index contributed by atoms with van der Waals surface area (Å²) < 4.78 is 4.46. The molecule has 0 radical (unpaired) electrons. The van der Waals surface area contributed by atoms with Crippen LogP contribution in [0.25, 0.3) is 0 Å². The Hall–Kier alpha value is -0.930. The molecule has 0 N–H and O–H groups in total. The lowest BCUT2D eigenvalue weighted by Crippen LogP contribution is -2.33. The van der Waals surface area contributed by atoms with Crippen molar-refractivity contribution in [3.63, 3.8) is 0 Å². The zero-order valence-electron chi connectivity index (χ0n) is 5.74. The fraction of sp³-hybridized carbons (Fsp3) is 0.833. The molecule has 0 amide bonds. The van der Waals surface area contributed by atoms with Crippen LogP contribution in [0.1, 0.15) is 12.8 Å². The average Bonchev–Trinajstić information content (AvgIpc) is 1.85. The van der Waals surface area contributed by atoms with Gasteiger partial charge in [0.2, 0.25) is 0 Å². The molecule has 10 heavy (non-hydrogen) atoms. The molecule has 1 fully saturated rings. The third-order valence-corrected chi connectivity index (χ3v) is 1.80. The molecule has 0 unspecified atom stereocenters. The van der Waals surface area contributed by atoms with Gasteiger partial charge >= 0.3 is 5.97 Å². The van der Waals surface area contributed by atoms with E-state index >= 15 is 0 Å². The van der Waals surface area contributed by atoms with Gasteiger partial charge in [-0.15, -0.1) is 0 Å². The lowest BCUT2D eigenvalue weighted by molar-refractivity contribution is -0.148. The lowest BCUT2D eigenvalue weighted by atomic mass is 9.81. The van der Waals surface area contributed by atoms with Gasteiger partial charge in [0.15, 0.2) is 0 Å². The van der Waals surface area contributed by atoms with Crippen LogP contribution in [0.4, 0.5) is 0 Å². The summed E-state index contributed by atoms with van der Waals surface area (Å²) in [4.78, 5) is 20.5. The van der Waals surface area contributed by atoms with Crippen molar-refractivity contribution < 1.29 is 9.53 Å². The summed E-state index contributed by atoms with van der Waals surface area (Å²) in [7, 11) is 1.35. The first-order valence-corrected chi connectivity index (χ1v) is 3.18. The van der Waals surface area contributed by atoms with Crippen LogP contribution in [0.15, 0.2) is 5.18 Å². The Balaban J connectivity index is 2.25. The van der Waals surface area contributed by atoms with E-state index in [0.29, 0.717) is 12.8 Å². The molecular formula is C6H9NO3. The molecule has 0 aliphatic heterocycles. The van der Waals surface area contributed by atoms with Gasteiger partial charge in [0.1, 0.15) is 0 Å². The van der Waals surface area contributed by atoms with E-state index in [-0.39, 0.29) is 17.9 Å². The molecule has 0 aromatic carbocycles. The van der Waals surface area contributed by atoms with Crippen LogP contribution in [0.2, 0.25) is 0 Å². The first-order valence-electron chi connectivity index (χ1n) is 3.18. The van der Waals surface area contributed by atoms with Gasteiger partial charge in [-0.3, -0.25) is 4.79 Å². The minimum Gasteiger partial charge on any atom is -0.469 e. The van der Waals surface area contributed by atoms with Crippen LogP contribution in [0.5, 0.6) is 0 Å². The minimum absolute atomic E-state index is 0.0762. The van der Waals surface area contributed by atoms with Crippen LogP contribution in [-0.2, 0) is 9.53 Å². The molecule has 1 aliphatic rings. The molecular weight excluding hydrogens is 134 g/mol. The molecule has 0 bridgehead atoms. The number of methoxy groups -OCH3 is 1. The van der Waals surface area contributed by atoms with E-state index in [4.69, 9.17) is 0 Å². The molecule has 0 aromatic heterocycles. The molecule has 4 heteroatoms. The van der Waals surface area contributed by atoms with Crippen LogP contribution in [0.3, 0.4) is 0 Å². The second-order valence-electron chi connectivity index (χ2n) is 2.45. The van der Waals surface area contributed by atoms with Crippen molar-refractivity contribution in [2.75, 3.05) is 7.11 Å². The normalized spacial score (nSPS) is 30.5. The van der Waals surface area contributed by atoms with Crippen molar-refractivity contribution in [1.82, 2.24) is 0 Å². The van der Waals surface area contributed by atoms with Crippen molar-refractivity contribution in [2.24, 2.45) is 11.1 Å². The summed E-state index contributed by atoms with van der Waals surface area (Å²) in [6.07, 6.45) is 1.13. The summed E-state index contributed by atoms with van der Waals surface area (Å²) in [5.41, 5.74) is 0. The maximum absolute atomic E-state index is 10.7. The second-order valence-corrected chi connectivity index (χ2v) is 2.45. The molecule has 1 saturated carbocycles. The lowest BCUT2D eigenvalue weighted by Gasteiger charge is -2.27. The van der Waals surface area contributed by atoms with E-state index in [1.807, 2.05) is 0 Å². The Bertz CT molecular complexity index is 151. The quantitative estimate of drug-likeness (QED) is 0.422. The molecule has 0 heterocycles. The molecule has 0 spiro atoms. The maximum atomic E-state index is 10.7. The number of hydrogen-bond donors (Lipinski definition) is 0. The van der Waals surface area contributed by atoms with Gasteiger partial charge < -0.3 is 4.74 Å². The van der Waals surface area contributed by atoms with E-state index < -0.39 is 0 Å². The van der Waals surface area contributed by atoms with Gasteiger partial charge in [0.25, 0.3) is 0 Å². The summed E-state index contributed by atoms with van der Waals surface area (Å²) in [5.74, 6) is -0.299. The summed E-state index contributed by atoms with van der Waals surface area (Å²) in [5, 5.41) is 2.80. The number of nitrogens with zero attached hydrogens (tertiary/aromatic N) is 1. The predicted octanol–water partition coefficient (Wildman–Crippen LogP) is 0.704. The van der Waals surface area contributed by atoms with Gasteiger partial charge in [-0.25, -0.2) is 0 Å². The number of esters is 1. The van der Waals surface area contributed by atoms with Gasteiger partial charge in [-0.1, -0.05) is 5.18 Å².